The third-order valence-corrected chi connectivity index (χ3v) is 5.66. The molecule has 3 aromatic heterocycles. The molecular formula is C18H17N3O2S. The molecule has 0 spiro atoms. The molecule has 0 bridgehead atoms. The molecule has 24 heavy (non-hydrogen) atoms. The standard InChI is InChI=1S/C18H17N3O2S/c1-12-9-13(15-5-4-8-24-15)11-21(12)18(23)14-10-19-16-6-2-3-7-20(16)17(14)22/h2-8,10,12-13H,9,11H2,1H3. The monoisotopic (exact) mass is 339 g/mol. The van der Waals surface area contributed by atoms with Crippen LogP contribution in [0.25, 0.3) is 5.65 Å². The van der Waals surface area contributed by atoms with Gasteiger partial charge in [-0.3, -0.25) is 14.0 Å². The van der Waals surface area contributed by atoms with Gasteiger partial charge in [-0.15, -0.1) is 11.3 Å². The highest BCUT2D eigenvalue weighted by molar-refractivity contribution is 7.10. The van der Waals surface area contributed by atoms with Crippen molar-refractivity contribution >= 4 is 22.9 Å². The smallest absolute Gasteiger partial charge is 0.270 e. The van der Waals surface area contributed by atoms with Crippen molar-refractivity contribution in [3.8, 4) is 0 Å². The maximum Gasteiger partial charge on any atom is 0.270 e. The lowest BCUT2D eigenvalue weighted by Crippen LogP contribution is -2.38. The number of amides is 1. The number of hydrogen-bond acceptors (Lipinski definition) is 4. The minimum atomic E-state index is -0.308. The number of rotatable bonds is 2. The summed E-state index contributed by atoms with van der Waals surface area (Å²) in [6.07, 6.45) is 3.98. The van der Waals surface area contributed by atoms with Crippen molar-refractivity contribution in [3.63, 3.8) is 0 Å². The van der Waals surface area contributed by atoms with E-state index in [0.29, 0.717) is 18.1 Å². The van der Waals surface area contributed by atoms with Crippen LogP contribution < -0.4 is 5.56 Å². The average Bonchev–Trinajstić information content (AvgIpc) is 3.24. The number of likely N-dealkylation sites (tertiary alicyclic amines) is 1. The van der Waals surface area contributed by atoms with Crippen molar-refractivity contribution in [2.45, 2.75) is 25.3 Å². The zero-order valence-electron chi connectivity index (χ0n) is 13.3. The summed E-state index contributed by atoms with van der Waals surface area (Å²) in [7, 11) is 0. The SMILES string of the molecule is CC1CC(c2cccs2)CN1C(=O)c1cnc2ccccn2c1=O. The van der Waals surface area contributed by atoms with E-state index in [1.165, 1.54) is 15.5 Å². The fraction of sp³-hybridized carbons (Fsp3) is 0.278. The maximum atomic E-state index is 12.9. The second kappa shape index (κ2) is 5.87. The van der Waals surface area contributed by atoms with Gasteiger partial charge in [0, 0.05) is 35.8 Å². The molecule has 1 amide bonds. The quantitative estimate of drug-likeness (QED) is 0.721. The number of fused-ring (bicyclic) bond motifs is 1. The van der Waals surface area contributed by atoms with Gasteiger partial charge in [-0.25, -0.2) is 4.98 Å². The lowest BCUT2D eigenvalue weighted by atomic mass is 10.1. The van der Waals surface area contributed by atoms with Gasteiger partial charge in [0.05, 0.1) is 0 Å². The molecular weight excluding hydrogens is 322 g/mol. The molecule has 0 aliphatic carbocycles. The topological polar surface area (TPSA) is 54.7 Å². The molecule has 4 rings (SSSR count). The Bertz CT molecular complexity index is 948. The number of carbonyl (C=O) groups is 1. The Morgan fingerprint density at radius 2 is 2.17 bits per heavy atom. The highest BCUT2D eigenvalue weighted by Crippen LogP contribution is 2.34. The Morgan fingerprint density at radius 3 is 2.96 bits per heavy atom. The highest BCUT2D eigenvalue weighted by atomic mass is 32.1. The van der Waals surface area contributed by atoms with Gasteiger partial charge in [-0.2, -0.15) is 0 Å². The molecule has 0 saturated carbocycles. The summed E-state index contributed by atoms with van der Waals surface area (Å²) in [5.74, 6) is 0.123. The van der Waals surface area contributed by atoms with Gasteiger partial charge < -0.3 is 4.90 Å². The van der Waals surface area contributed by atoms with E-state index >= 15 is 0 Å². The molecule has 4 heterocycles. The molecule has 122 valence electrons. The Balaban J connectivity index is 1.67. The summed E-state index contributed by atoms with van der Waals surface area (Å²) >= 11 is 1.72. The van der Waals surface area contributed by atoms with Crippen molar-refractivity contribution in [1.82, 2.24) is 14.3 Å². The van der Waals surface area contributed by atoms with Crippen molar-refractivity contribution in [1.29, 1.82) is 0 Å². The molecule has 2 unspecified atom stereocenters. The number of nitrogens with zero attached hydrogens (tertiary/aromatic N) is 3. The minimum Gasteiger partial charge on any atom is -0.335 e. The van der Waals surface area contributed by atoms with E-state index in [1.54, 1.807) is 34.6 Å². The van der Waals surface area contributed by atoms with Gasteiger partial charge in [0.1, 0.15) is 11.2 Å². The van der Waals surface area contributed by atoms with Crippen LogP contribution >= 0.6 is 11.3 Å². The summed E-state index contributed by atoms with van der Waals surface area (Å²) in [6, 6.07) is 9.59. The highest BCUT2D eigenvalue weighted by Gasteiger charge is 2.35. The summed E-state index contributed by atoms with van der Waals surface area (Å²) in [4.78, 5) is 32.9. The fourth-order valence-electron chi connectivity index (χ4n) is 3.37. The van der Waals surface area contributed by atoms with Crippen molar-refractivity contribution in [3.05, 3.63) is 68.9 Å². The normalized spacial score (nSPS) is 20.6. The van der Waals surface area contributed by atoms with E-state index < -0.39 is 0 Å². The second-order valence-corrected chi connectivity index (χ2v) is 7.14. The molecule has 1 aliphatic rings. The average molecular weight is 339 g/mol. The predicted octanol–water partition coefficient (Wildman–Crippen LogP) is 2.77. The summed E-state index contributed by atoms with van der Waals surface area (Å²) in [5, 5.41) is 2.06. The Kier molecular flexibility index (Phi) is 3.69. The van der Waals surface area contributed by atoms with Gasteiger partial charge in [0.15, 0.2) is 0 Å². The van der Waals surface area contributed by atoms with Crippen molar-refractivity contribution in [2.24, 2.45) is 0 Å². The van der Waals surface area contributed by atoms with E-state index in [0.717, 1.165) is 6.42 Å². The first-order valence-corrected chi connectivity index (χ1v) is 8.84. The Hall–Kier alpha value is -2.47. The van der Waals surface area contributed by atoms with E-state index in [1.807, 2.05) is 19.1 Å². The van der Waals surface area contributed by atoms with Crippen LogP contribution in [-0.4, -0.2) is 32.8 Å². The van der Waals surface area contributed by atoms with Gasteiger partial charge in [-0.05, 0) is 36.9 Å². The molecule has 0 radical (unpaired) electrons. The predicted molar refractivity (Wildman–Crippen MR) is 93.6 cm³/mol. The molecule has 5 nitrogen and oxygen atoms in total. The number of thiophene rings is 1. The van der Waals surface area contributed by atoms with E-state index in [-0.39, 0.29) is 23.1 Å². The number of hydrogen-bond donors (Lipinski definition) is 0. The zero-order valence-corrected chi connectivity index (χ0v) is 14.1. The molecule has 0 aromatic carbocycles. The third kappa shape index (κ3) is 2.43. The van der Waals surface area contributed by atoms with Gasteiger partial charge >= 0.3 is 0 Å². The summed E-state index contributed by atoms with van der Waals surface area (Å²) < 4.78 is 1.42. The van der Waals surface area contributed by atoms with Crippen LogP contribution in [0, 0.1) is 0 Å². The van der Waals surface area contributed by atoms with Crippen LogP contribution in [0.4, 0.5) is 0 Å². The lowest BCUT2D eigenvalue weighted by Gasteiger charge is -2.21. The lowest BCUT2D eigenvalue weighted by molar-refractivity contribution is 0.0743. The minimum absolute atomic E-state index is 0.112. The first kappa shape index (κ1) is 15.1. The van der Waals surface area contributed by atoms with E-state index in [2.05, 4.69) is 16.4 Å². The van der Waals surface area contributed by atoms with Gasteiger partial charge in [0.2, 0.25) is 0 Å². The molecule has 3 aromatic rings. The largest absolute Gasteiger partial charge is 0.335 e. The molecule has 1 saturated heterocycles. The van der Waals surface area contributed by atoms with Crippen LogP contribution in [0.5, 0.6) is 0 Å². The molecule has 6 heteroatoms. The summed E-state index contributed by atoms with van der Waals surface area (Å²) in [5.41, 5.74) is 0.375. The zero-order chi connectivity index (χ0) is 16.7. The fourth-order valence-corrected chi connectivity index (χ4v) is 4.21. The number of carbonyl (C=O) groups excluding carboxylic acids is 1. The van der Waals surface area contributed by atoms with E-state index in [4.69, 9.17) is 0 Å². The van der Waals surface area contributed by atoms with Crippen molar-refractivity contribution < 1.29 is 4.79 Å². The van der Waals surface area contributed by atoms with Crippen LogP contribution in [0.2, 0.25) is 0 Å². The van der Waals surface area contributed by atoms with Crippen LogP contribution in [0.15, 0.2) is 52.9 Å². The van der Waals surface area contributed by atoms with Crippen LogP contribution in [0.3, 0.4) is 0 Å². The van der Waals surface area contributed by atoms with Gasteiger partial charge in [0.25, 0.3) is 11.5 Å². The first-order chi connectivity index (χ1) is 11.6. The van der Waals surface area contributed by atoms with Gasteiger partial charge in [-0.1, -0.05) is 12.1 Å². The van der Waals surface area contributed by atoms with Crippen LogP contribution in [0.1, 0.15) is 34.5 Å². The van der Waals surface area contributed by atoms with E-state index in [9.17, 15) is 9.59 Å². The Labute approximate surface area is 143 Å². The molecule has 0 N–H and O–H groups in total. The van der Waals surface area contributed by atoms with Crippen molar-refractivity contribution in [2.75, 3.05) is 6.54 Å². The molecule has 1 aliphatic heterocycles. The third-order valence-electron chi connectivity index (χ3n) is 4.63. The molecule has 2 atom stereocenters. The molecule has 1 fully saturated rings. The van der Waals surface area contributed by atoms with Crippen LogP contribution in [-0.2, 0) is 0 Å². The first-order valence-electron chi connectivity index (χ1n) is 7.96. The number of aromatic nitrogens is 2. The summed E-state index contributed by atoms with van der Waals surface area (Å²) in [6.45, 7) is 2.69. The maximum absolute atomic E-state index is 12.9. The second-order valence-electron chi connectivity index (χ2n) is 6.16. The Morgan fingerprint density at radius 1 is 1.29 bits per heavy atom. The number of pyridine rings is 1.